The third kappa shape index (κ3) is 5.77. The first kappa shape index (κ1) is 19.3. The molecule has 2 rings (SSSR count). The summed E-state index contributed by atoms with van der Waals surface area (Å²) in [5, 5.41) is 2.75. The number of carbonyl (C=O) groups excluding carboxylic acids is 1. The van der Waals surface area contributed by atoms with Crippen molar-refractivity contribution in [2.45, 2.75) is 44.1 Å². The van der Waals surface area contributed by atoms with Crippen molar-refractivity contribution in [3.05, 3.63) is 30.2 Å². The van der Waals surface area contributed by atoms with E-state index in [0.29, 0.717) is 0 Å². The summed E-state index contributed by atoms with van der Waals surface area (Å²) in [6.07, 6.45) is -2.25. The topological polar surface area (TPSA) is 68.0 Å². The van der Waals surface area contributed by atoms with E-state index in [4.69, 9.17) is 4.42 Å². The number of rotatable bonds is 7. The summed E-state index contributed by atoms with van der Waals surface area (Å²) in [7, 11) is 0. The molecule has 0 aliphatic rings. The van der Waals surface area contributed by atoms with Crippen LogP contribution in [0.25, 0.3) is 11.5 Å². The van der Waals surface area contributed by atoms with Gasteiger partial charge in [0, 0.05) is 18.2 Å². The Morgan fingerprint density at radius 1 is 1.40 bits per heavy atom. The molecule has 9 heteroatoms. The van der Waals surface area contributed by atoms with E-state index in [-0.39, 0.29) is 40.7 Å². The van der Waals surface area contributed by atoms with E-state index in [1.807, 2.05) is 13.8 Å². The van der Waals surface area contributed by atoms with Crippen LogP contribution in [-0.2, 0) is 11.0 Å². The van der Waals surface area contributed by atoms with Crippen LogP contribution in [0.5, 0.6) is 0 Å². The second-order valence-electron chi connectivity index (χ2n) is 5.37. The van der Waals surface area contributed by atoms with E-state index in [2.05, 4.69) is 15.3 Å². The lowest BCUT2D eigenvalue weighted by Crippen LogP contribution is -2.32. The maximum absolute atomic E-state index is 13.0. The average Bonchev–Trinajstić information content (AvgIpc) is 3.08. The summed E-state index contributed by atoms with van der Waals surface area (Å²) in [5.74, 6) is 0.352. The Morgan fingerprint density at radius 3 is 2.76 bits per heavy atom. The molecule has 0 radical (unpaired) electrons. The van der Waals surface area contributed by atoms with E-state index in [0.717, 1.165) is 24.2 Å². The highest BCUT2D eigenvalue weighted by molar-refractivity contribution is 7.99. The van der Waals surface area contributed by atoms with Crippen molar-refractivity contribution in [2.24, 2.45) is 0 Å². The molecule has 0 fully saturated rings. The summed E-state index contributed by atoms with van der Waals surface area (Å²) >= 11 is 1.00. The molecule has 0 unspecified atom stereocenters. The lowest BCUT2D eigenvalue weighted by atomic mass is 10.2. The van der Waals surface area contributed by atoms with Crippen LogP contribution in [0.3, 0.4) is 0 Å². The molecule has 1 amide bonds. The summed E-state index contributed by atoms with van der Waals surface area (Å²) in [5.41, 5.74) is -0.987. The SMILES string of the molecule is CC[C@H](C)NC(=O)CCSc1nc(-c2ccco2)cc(C(F)(F)F)n1. The summed E-state index contributed by atoms with van der Waals surface area (Å²) < 4.78 is 44.2. The molecule has 2 aromatic heterocycles. The fourth-order valence-electron chi connectivity index (χ4n) is 1.87. The van der Waals surface area contributed by atoms with Crippen molar-refractivity contribution in [3.8, 4) is 11.5 Å². The van der Waals surface area contributed by atoms with E-state index in [9.17, 15) is 18.0 Å². The number of nitrogens with zero attached hydrogens (tertiary/aromatic N) is 2. The van der Waals surface area contributed by atoms with Crippen molar-refractivity contribution < 1.29 is 22.4 Å². The van der Waals surface area contributed by atoms with Crippen LogP contribution in [-0.4, -0.2) is 27.7 Å². The highest BCUT2D eigenvalue weighted by atomic mass is 32.2. The van der Waals surface area contributed by atoms with Gasteiger partial charge < -0.3 is 9.73 Å². The van der Waals surface area contributed by atoms with E-state index in [1.165, 1.54) is 12.3 Å². The van der Waals surface area contributed by atoms with Crippen molar-refractivity contribution >= 4 is 17.7 Å². The second kappa shape index (κ2) is 8.37. The van der Waals surface area contributed by atoms with Crippen molar-refractivity contribution in [2.75, 3.05) is 5.75 Å². The number of halogens is 3. The number of thioether (sulfide) groups is 1. The van der Waals surface area contributed by atoms with Crippen molar-refractivity contribution in [1.82, 2.24) is 15.3 Å². The molecule has 5 nitrogen and oxygen atoms in total. The van der Waals surface area contributed by atoms with Crippen molar-refractivity contribution in [1.29, 1.82) is 0 Å². The van der Waals surface area contributed by atoms with Gasteiger partial charge in [-0.05, 0) is 31.5 Å². The number of furan rings is 1. The van der Waals surface area contributed by atoms with Gasteiger partial charge in [-0.25, -0.2) is 9.97 Å². The Bertz CT molecular complexity index is 705. The standard InChI is InChI=1S/C16H18F3N3O2S/c1-3-10(2)20-14(23)6-8-25-15-21-11(12-5-4-7-24-12)9-13(22-15)16(17,18)19/h4-5,7,9-10H,3,6,8H2,1-2H3,(H,20,23)/t10-/m0/s1. The lowest BCUT2D eigenvalue weighted by Gasteiger charge is -2.11. The second-order valence-corrected chi connectivity index (χ2v) is 6.43. The Hall–Kier alpha value is -2.03. The summed E-state index contributed by atoms with van der Waals surface area (Å²) in [4.78, 5) is 19.4. The minimum absolute atomic E-state index is 0.0439. The molecule has 1 N–H and O–H groups in total. The molecule has 0 bridgehead atoms. The zero-order chi connectivity index (χ0) is 18.4. The number of hydrogen-bond acceptors (Lipinski definition) is 5. The smallest absolute Gasteiger partial charge is 0.433 e. The minimum atomic E-state index is -4.59. The van der Waals surface area contributed by atoms with Crippen molar-refractivity contribution in [3.63, 3.8) is 0 Å². The lowest BCUT2D eigenvalue weighted by molar-refractivity contribution is -0.141. The maximum atomic E-state index is 13.0. The van der Waals surface area contributed by atoms with Gasteiger partial charge in [0.05, 0.1) is 6.26 Å². The quantitative estimate of drug-likeness (QED) is 0.583. The number of nitrogens with one attached hydrogen (secondary N) is 1. The molecule has 0 spiro atoms. The van der Waals surface area contributed by atoms with Gasteiger partial charge in [-0.1, -0.05) is 18.7 Å². The molecular weight excluding hydrogens is 355 g/mol. The Morgan fingerprint density at radius 2 is 2.16 bits per heavy atom. The molecule has 2 heterocycles. The van der Waals surface area contributed by atoms with Crippen LogP contribution in [0.2, 0.25) is 0 Å². The van der Waals surface area contributed by atoms with E-state index < -0.39 is 11.9 Å². The number of alkyl halides is 3. The van der Waals surface area contributed by atoms with Gasteiger partial charge in [-0.15, -0.1) is 0 Å². The number of carbonyl (C=O) groups is 1. The molecule has 136 valence electrons. The van der Waals surface area contributed by atoms with Gasteiger partial charge in [0.25, 0.3) is 0 Å². The molecule has 0 saturated carbocycles. The summed E-state index contributed by atoms with van der Waals surface area (Å²) in [6.45, 7) is 3.84. The molecule has 0 aliphatic carbocycles. The Labute approximate surface area is 147 Å². The first-order valence-corrected chi connectivity index (χ1v) is 8.70. The van der Waals surface area contributed by atoms with Gasteiger partial charge in [-0.2, -0.15) is 13.2 Å². The molecule has 0 saturated heterocycles. The predicted molar refractivity (Wildman–Crippen MR) is 88.0 cm³/mol. The van der Waals surface area contributed by atoms with Crippen LogP contribution >= 0.6 is 11.8 Å². The number of amides is 1. The van der Waals surface area contributed by atoms with Crippen LogP contribution in [0.4, 0.5) is 13.2 Å². The first-order chi connectivity index (χ1) is 11.8. The first-order valence-electron chi connectivity index (χ1n) is 7.72. The van der Waals surface area contributed by atoms with Gasteiger partial charge in [0.15, 0.2) is 10.9 Å². The Balaban J connectivity index is 2.09. The van der Waals surface area contributed by atoms with Gasteiger partial charge in [0.2, 0.25) is 5.91 Å². The fourth-order valence-corrected chi connectivity index (χ4v) is 2.67. The van der Waals surface area contributed by atoms with Crippen LogP contribution in [0, 0.1) is 0 Å². The minimum Gasteiger partial charge on any atom is -0.463 e. The van der Waals surface area contributed by atoms with Crippen LogP contribution in [0.1, 0.15) is 32.4 Å². The largest absolute Gasteiger partial charge is 0.463 e. The third-order valence-corrected chi connectivity index (χ3v) is 4.20. The Kier molecular flexibility index (Phi) is 6.46. The zero-order valence-electron chi connectivity index (χ0n) is 13.8. The molecule has 0 aromatic carbocycles. The average molecular weight is 373 g/mol. The number of hydrogen-bond donors (Lipinski definition) is 1. The highest BCUT2D eigenvalue weighted by Crippen LogP contribution is 2.32. The molecule has 2 aromatic rings. The molecule has 0 aliphatic heterocycles. The van der Waals surface area contributed by atoms with Gasteiger partial charge in [-0.3, -0.25) is 4.79 Å². The monoisotopic (exact) mass is 373 g/mol. The number of aromatic nitrogens is 2. The predicted octanol–water partition coefficient (Wildman–Crippen LogP) is 4.15. The maximum Gasteiger partial charge on any atom is 0.433 e. The van der Waals surface area contributed by atoms with Gasteiger partial charge in [0.1, 0.15) is 11.4 Å². The highest BCUT2D eigenvalue weighted by Gasteiger charge is 2.34. The van der Waals surface area contributed by atoms with E-state index in [1.54, 1.807) is 6.07 Å². The molecular formula is C16H18F3N3O2S. The zero-order valence-corrected chi connectivity index (χ0v) is 14.6. The normalized spacial score (nSPS) is 12.8. The van der Waals surface area contributed by atoms with E-state index >= 15 is 0 Å². The third-order valence-electron chi connectivity index (χ3n) is 3.35. The van der Waals surface area contributed by atoms with Gasteiger partial charge >= 0.3 is 6.18 Å². The van der Waals surface area contributed by atoms with Crippen LogP contribution in [0.15, 0.2) is 34.0 Å². The van der Waals surface area contributed by atoms with Crippen LogP contribution < -0.4 is 5.32 Å². The summed E-state index contributed by atoms with van der Waals surface area (Å²) in [6, 6.07) is 4.00. The molecule has 25 heavy (non-hydrogen) atoms. The molecule has 1 atom stereocenters. The fraction of sp³-hybridized carbons (Fsp3) is 0.438.